The van der Waals surface area contributed by atoms with Crippen LogP contribution in [0.15, 0.2) is 30.5 Å². The summed E-state index contributed by atoms with van der Waals surface area (Å²) in [5.41, 5.74) is 0.985. The van der Waals surface area contributed by atoms with Crippen LogP contribution in [-0.4, -0.2) is 27.9 Å². The largest absolute Gasteiger partial charge is 0.333 e. The molecule has 0 bridgehead atoms. The summed E-state index contributed by atoms with van der Waals surface area (Å²) in [4.78, 5) is 19.4. The van der Waals surface area contributed by atoms with E-state index in [2.05, 4.69) is 4.98 Å². The SMILES string of the molecule is CC(C)N(C(=O)c1cnc(Cc2ccc(F)cc2)s1)C(C)C. The van der Waals surface area contributed by atoms with Gasteiger partial charge in [0.15, 0.2) is 0 Å². The van der Waals surface area contributed by atoms with Gasteiger partial charge in [-0.25, -0.2) is 9.37 Å². The lowest BCUT2D eigenvalue weighted by atomic mass is 10.2. The van der Waals surface area contributed by atoms with Crippen LogP contribution in [0.25, 0.3) is 0 Å². The number of aromatic nitrogens is 1. The lowest BCUT2D eigenvalue weighted by molar-refractivity contribution is 0.0648. The van der Waals surface area contributed by atoms with Crippen molar-refractivity contribution in [3.05, 3.63) is 51.7 Å². The minimum atomic E-state index is -0.247. The van der Waals surface area contributed by atoms with Gasteiger partial charge in [-0.15, -0.1) is 11.3 Å². The van der Waals surface area contributed by atoms with E-state index in [1.54, 1.807) is 18.3 Å². The van der Waals surface area contributed by atoms with Gasteiger partial charge >= 0.3 is 0 Å². The summed E-state index contributed by atoms with van der Waals surface area (Å²) in [6, 6.07) is 6.66. The first-order valence-electron chi connectivity index (χ1n) is 7.40. The van der Waals surface area contributed by atoms with Crippen molar-refractivity contribution in [2.75, 3.05) is 0 Å². The first kappa shape index (κ1) is 16.6. The van der Waals surface area contributed by atoms with E-state index >= 15 is 0 Å². The van der Waals surface area contributed by atoms with Crippen molar-refractivity contribution in [3.8, 4) is 0 Å². The molecule has 0 aliphatic carbocycles. The number of carbonyl (C=O) groups excluding carboxylic acids is 1. The van der Waals surface area contributed by atoms with Crippen LogP contribution in [0.1, 0.15) is 47.9 Å². The molecule has 2 rings (SSSR count). The topological polar surface area (TPSA) is 33.2 Å². The van der Waals surface area contributed by atoms with E-state index in [0.29, 0.717) is 11.3 Å². The molecule has 0 saturated carbocycles. The van der Waals surface area contributed by atoms with E-state index in [9.17, 15) is 9.18 Å². The number of hydrogen-bond acceptors (Lipinski definition) is 3. The number of benzene rings is 1. The van der Waals surface area contributed by atoms with Crippen LogP contribution >= 0.6 is 11.3 Å². The summed E-state index contributed by atoms with van der Waals surface area (Å²) < 4.78 is 12.9. The van der Waals surface area contributed by atoms with Gasteiger partial charge in [0, 0.05) is 18.5 Å². The van der Waals surface area contributed by atoms with Crippen molar-refractivity contribution < 1.29 is 9.18 Å². The Balaban J connectivity index is 2.13. The summed E-state index contributed by atoms with van der Waals surface area (Å²) in [5.74, 6) is -0.226. The maximum atomic E-state index is 12.9. The number of carbonyl (C=O) groups is 1. The average Bonchev–Trinajstić information content (AvgIpc) is 2.89. The molecule has 0 aliphatic heterocycles. The molecule has 22 heavy (non-hydrogen) atoms. The van der Waals surface area contributed by atoms with E-state index in [0.717, 1.165) is 10.6 Å². The molecule has 0 radical (unpaired) electrons. The van der Waals surface area contributed by atoms with Crippen LogP contribution in [0.4, 0.5) is 4.39 Å². The Morgan fingerprint density at radius 1 is 1.18 bits per heavy atom. The van der Waals surface area contributed by atoms with Gasteiger partial charge < -0.3 is 4.90 Å². The normalized spacial score (nSPS) is 11.2. The number of hydrogen-bond donors (Lipinski definition) is 0. The van der Waals surface area contributed by atoms with Crippen LogP contribution in [0, 0.1) is 5.82 Å². The second-order valence-corrected chi connectivity index (χ2v) is 6.94. The Morgan fingerprint density at radius 3 is 2.32 bits per heavy atom. The van der Waals surface area contributed by atoms with Gasteiger partial charge in [-0.2, -0.15) is 0 Å². The van der Waals surface area contributed by atoms with E-state index < -0.39 is 0 Å². The zero-order valence-electron chi connectivity index (χ0n) is 13.3. The molecule has 0 aliphatic rings. The fourth-order valence-corrected chi connectivity index (χ4v) is 3.36. The average molecular weight is 320 g/mol. The van der Waals surface area contributed by atoms with Crippen LogP contribution in [0.5, 0.6) is 0 Å². The van der Waals surface area contributed by atoms with Crippen LogP contribution in [-0.2, 0) is 6.42 Å². The summed E-state index contributed by atoms with van der Waals surface area (Å²) in [6.45, 7) is 8.05. The minimum absolute atomic E-state index is 0.0212. The summed E-state index contributed by atoms with van der Waals surface area (Å²) in [6.07, 6.45) is 2.26. The number of halogens is 1. The molecule has 3 nitrogen and oxygen atoms in total. The van der Waals surface area contributed by atoms with E-state index in [1.165, 1.54) is 23.5 Å². The molecule has 0 unspecified atom stereocenters. The minimum Gasteiger partial charge on any atom is -0.333 e. The van der Waals surface area contributed by atoms with Gasteiger partial charge in [0.25, 0.3) is 5.91 Å². The van der Waals surface area contributed by atoms with Crippen molar-refractivity contribution in [1.82, 2.24) is 9.88 Å². The fourth-order valence-electron chi connectivity index (χ4n) is 2.46. The molecule has 1 aromatic carbocycles. The molecule has 118 valence electrons. The molecule has 1 aromatic heterocycles. The maximum absolute atomic E-state index is 12.9. The molecule has 2 aromatic rings. The lowest BCUT2D eigenvalue weighted by Crippen LogP contribution is -2.41. The fraction of sp³-hybridized carbons (Fsp3) is 0.412. The molecule has 0 N–H and O–H groups in total. The number of rotatable bonds is 5. The Hall–Kier alpha value is -1.75. The van der Waals surface area contributed by atoms with E-state index in [-0.39, 0.29) is 23.8 Å². The standard InChI is InChI=1S/C17H21FN2OS/c1-11(2)20(12(3)4)17(21)15-10-19-16(22-15)9-13-5-7-14(18)8-6-13/h5-8,10-12H,9H2,1-4H3. The Labute approximate surface area is 134 Å². The van der Waals surface area contributed by atoms with E-state index in [1.807, 2.05) is 32.6 Å². The van der Waals surface area contributed by atoms with Gasteiger partial charge in [0.05, 0.1) is 11.2 Å². The van der Waals surface area contributed by atoms with Crippen LogP contribution in [0.3, 0.4) is 0 Å². The van der Waals surface area contributed by atoms with Gasteiger partial charge in [0.2, 0.25) is 0 Å². The molecule has 5 heteroatoms. The first-order chi connectivity index (χ1) is 10.4. The van der Waals surface area contributed by atoms with Crippen molar-refractivity contribution in [1.29, 1.82) is 0 Å². The third-order valence-corrected chi connectivity index (χ3v) is 4.37. The monoisotopic (exact) mass is 320 g/mol. The predicted octanol–water partition coefficient (Wildman–Crippen LogP) is 4.13. The van der Waals surface area contributed by atoms with Crippen LogP contribution < -0.4 is 0 Å². The quantitative estimate of drug-likeness (QED) is 0.830. The molecule has 0 fully saturated rings. The van der Waals surface area contributed by atoms with Gasteiger partial charge in [-0.1, -0.05) is 12.1 Å². The first-order valence-corrected chi connectivity index (χ1v) is 8.22. The molecular formula is C17H21FN2OS. The Bertz CT molecular complexity index is 626. The third kappa shape index (κ3) is 3.91. The zero-order chi connectivity index (χ0) is 16.3. The molecular weight excluding hydrogens is 299 g/mol. The third-order valence-electron chi connectivity index (χ3n) is 3.38. The summed E-state index contributed by atoms with van der Waals surface area (Å²) in [5, 5.41) is 0.863. The number of amides is 1. The van der Waals surface area contributed by atoms with Crippen molar-refractivity contribution in [2.45, 2.75) is 46.2 Å². The Morgan fingerprint density at radius 2 is 1.77 bits per heavy atom. The van der Waals surface area contributed by atoms with Crippen molar-refractivity contribution in [2.24, 2.45) is 0 Å². The summed E-state index contributed by atoms with van der Waals surface area (Å²) >= 11 is 1.41. The number of nitrogens with zero attached hydrogens (tertiary/aromatic N) is 2. The number of thiazole rings is 1. The van der Waals surface area contributed by atoms with Crippen molar-refractivity contribution >= 4 is 17.2 Å². The van der Waals surface area contributed by atoms with E-state index in [4.69, 9.17) is 0 Å². The highest BCUT2D eigenvalue weighted by Crippen LogP contribution is 2.21. The second-order valence-electron chi connectivity index (χ2n) is 5.82. The zero-order valence-corrected chi connectivity index (χ0v) is 14.2. The summed E-state index contributed by atoms with van der Waals surface area (Å²) in [7, 11) is 0. The van der Waals surface area contributed by atoms with Gasteiger partial charge in [-0.05, 0) is 45.4 Å². The van der Waals surface area contributed by atoms with Gasteiger partial charge in [-0.3, -0.25) is 4.79 Å². The Kier molecular flexibility index (Phi) is 5.29. The predicted molar refractivity (Wildman–Crippen MR) is 87.8 cm³/mol. The molecule has 0 spiro atoms. The highest BCUT2D eigenvalue weighted by atomic mass is 32.1. The molecule has 0 saturated heterocycles. The second kappa shape index (κ2) is 7.01. The smallest absolute Gasteiger partial charge is 0.266 e. The molecule has 1 heterocycles. The van der Waals surface area contributed by atoms with Crippen molar-refractivity contribution in [3.63, 3.8) is 0 Å². The highest BCUT2D eigenvalue weighted by Gasteiger charge is 2.23. The lowest BCUT2D eigenvalue weighted by Gasteiger charge is -2.30. The molecule has 1 amide bonds. The molecule has 0 atom stereocenters. The maximum Gasteiger partial charge on any atom is 0.266 e. The highest BCUT2D eigenvalue weighted by molar-refractivity contribution is 7.13. The van der Waals surface area contributed by atoms with Crippen LogP contribution in [0.2, 0.25) is 0 Å². The van der Waals surface area contributed by atoms with Gasteiger partial charge in [0.1, 0.15) is 10.7 Å².